The van der Waals surface area contributed by atoms with Gasteiger partial charge in [-0.25, -0.2) is 9.97 Å². The quantitative estimate of drug-likeness (QED) is 0.455. The molecule has 5 heteroatoms. The second-order valence-electron chi connectivity index (χ2n) is 5.92. The van der Waals surface area contributed by atoms with Crippen molar-refractivity contribution in [3.63, 3.8) is 0 Å². The third kappa shape index (κ3) is 2.50. The largest absolute Gasteiger partial charge is 0.338 e. The Balaban J connectivity index is 1.69. The Morgan fingerprint density at radius 1 is 0.808 bits per heavy atom. The molecule has 0 atom stereocenters. The van der Waals surface area contributed by atoms with Crippen molar-refractivity contribution in [1.29, 1.82) is 0 Å². The number of nitrogens with zero attached hydrogens (tertiary/aromatic N) is 3. The van der Waals surface area contributed by atoms with Crippen LogP contribution in [0.15, 0.2) is 78.6 Å². The zero-order chi connectivity index (χ0) is 17.3. The number of nitrogens with one attached hydrogen (secondary N) is 1. The predicted molar refractivity (Wildman–Crippen MR) is 108 cm³/mol. The zero-order valence-electron chi connectivity index (χ0n) is 13.8. The van der Waals surface area contributed by atoms with Gasteiger partial charge in [-0.15, -0.1) is 11.3 Å². The molecule has 0 fully saturated rings. The van der Waals surface area contributed by atoms with Crippen molar-refractivity contribution >= 4 is 44.0 Å². The summed E-state index contributed by atoms with van der Waals surface area (Å²) in [6.45, 7) is 0. The molecule has 124 valence electrons. The molecule has 0 radical (unpaired) electrons. The number of para-hydroxylation sites is 1. The van der Waals surface area contributed by atoms with E-state index in [0.717, 1.165) is 43.8 Å². The second kappa shape index (κ2) is 6.20. The number of fused-ring (bicyclic) bond motifs is 2. The molecule has 0 saturated heterocycles. The summed E-state index contributed by atoms with van der Waals surface area (Å²) in [5, 5.41) is 7.75. The molecule has 3 heterocycles. The van der Waals surface area contributed by atoms with Gasteiger partial charge in [0.25, 0.3) is 0 Å². The molecule has 1 N–H and O–H groups in total. The van der Waals surface area contributed by atoms with Crippen LogP contribution < -0.4 is 5.32 Å². The first-order chi connectivity index (χ1) is 12.9. The third-order valence-electron chi connectivity index (χ3n) is 4.34. The first-order valence-corrected chi connectivity index (χ1v) is 9.16. The fourth-order valence-corrected chi connectivity index (χ4v) is 4.05. The van der Waals surface area contributed by atoms with Gasteiger partial charge in [-0.3, -0.25) is 4.98 Å². The Hall–Kier alpha value is -3.31. The van der Waals surface area contributed by atoms with E-state index in [1.807, 2.05) is 42.6 Å². The molecule has 0 spiro atoms. The minimum absolute atomic E-state index is 0.799. The maximum atomic E-state index is 4.52. The van der Waals surface area contributed by atoms with Gasteiger partial charge in [-0.2, -0.15) is 0 Å². The minimum atomic E-state index is 0.799. The van der Waals surface area contributed by atoms with Gasteiger partial charge < -0.3 is 5.32 Å². The molecule has 5 rings (SSSR count). The Morgan fingerprint density at radius 2 is 1.69 bits per heavy atom. The summed E-state index contributed by atoms with van der Waals surface area (Å²) in [7, 11) is 0. The van der Waals surface area contributed by atoms with Crippen LogP contribution in [0.2, 0.25) is 0 Å². The summed E-state index contributed by atoms with van der Waals surface area (Å²) in [5.41, 5.74) is 4.17. The lowest BCUT2D eigenvalue weighted by atomic mass is 10.1. The van der Waals surface area contributed by atoms with Crippen LogP contribution in [-0.2, 0) is 0 Å². The number of hydrogen-bond donors (Lipinski definition) is 1. The van der Waals surface area contributed by atoms with Crippen LogP contribution in [0.3, 0.4) is 0 Å². The van der Waals surface area contributed by atoms with Crippen molar-refractivity contribution in [1.82, 2.24) is 15.0 Å². The van der Waals surface area contributed by atoms with E-state index in [4.69, 9.17) is 0 Å². The van der Waals surface area contributed by atoms with Gasteiger partial charge in [0.15, 0.2) is 0 Å². The molecular formula is C21H14N4S. The zero-order valence-corrected chi connectivity index (χ0v) is 14.6. The molecule has 0 saturated carbocycles. The molecule has 2 aromatic carbocycles. The standard InChI is InChI=1S/C21H14N4S/c1-2-6-14(7-3-1)16-12-26-21-18(16)20(23-13-24-21)25-17-10-4-8-15-9-5-11-22-19(15)17/h1-13H,(H,23,24,25). The molecule has 0 aliphatic heterocycles. The number of pyridine rings is 1. The number of thiophene rings is 1. The molecule has 0 bridgehead atoms. The van der Waals surface area contributed by atoms with Crippen LogP contribution in [0.1, 0.15) is 0 Å². The lowest BCUT2D eigenvalue weighted by Gasteiger charge is -2.10. The number of anilines is 2. The van der Waals surface area contributed by atoms with E-state index in [1.54, 1.807) is 17.7 Å². The summed E-state index contributed by atoms with van der Waals surface area (Å²) in [4.78, 5) is 14.5. The first kappa shape index (κ1) is 15.0. The van der Waals surface area contributed by atoms with Gasteiger partial charge in [0, 0.05) is 22.5 Å². The Labute approximate surface area is 154 Å². The van der Waals surface area contributed by atoms with Gasteiger partial charge in [0.2, 0.25) is 0 Å². The second-order valence-corrected chi connectivity index (χ2v) is 6.78. The average Bonchev–Trinajstić information content (AvgIpc) is 3.14. The average molecular weight is 354 g/mol. The lowest BCUT2D eigenvalue weighted by molar-refractivity contribution is 1.23. The topological polar surface area (TPSA) is 50.7 Å². The molecule has 0 aliphatic carbocycles. The molecule has 0 aliphatic rings. The van der Waals surface area contributed by atoms with Gasteiger partial charge in [-0.05, 0) is 17.7 Å². The summed E-state index contributed by atoms with van der Waals surface area (Å²) >= 11 is 1.63. The van der Waals surface area contributed by atoms with Crippen molar-refractivity contribution in [2.24, 2.45) is 0 Å². The van der Waals surface area contributed by atoms with E-state index in [1.165, 1.54) is 0 Å². The van der Waals surface area contributed by atoms with Crippen molar-refractivity contribution in [3.05, 3.63) is 78.6 Å². The fourth-order valence-electron chi connectivity index (χ4n) is 3.13. The number of aromatic nitrogens is 3. The molecule has 3 aromatic heterocycles. The maximum Gasteiger partial charge on any atom is 0.143 e. The molecular weight excluding hydrogens is 340 g/mol. The highest BCUT2D eigenvalue weighted by molar-refractivity contribution is 7.17. The summed E-state index contributed by atoms with van der Waals surface area (Å²) in [6, 6.07) is 20.4. The van der Waals surface area contributed by atoms with Crippen molar-refractivity contribution in [2.45, 2.75) is 0 Å². The van der Waals surface area contributed by atoms with Gasteiger partial charge in [0.05, 0.1) is 16.6 Å². The molecule has 4 nitrogen and oxygen atoms in total. The van der Waals surface area contributed by atoms with Gasteiger partial charge in [-0.1, -0.05) is 48.5 Å². The molecule has 26 heavy (non-hydrogen) atoms. The van der Waals surface area contributed by atoms with E-state index < -0.39 is 0 Å². The van der Waals surface area contributed by atoms with E-state index in [2.05, 4.69) is 49.9 Å². The van der Waals surface area contributed by atoms with Crippen molar-refractivity contribution in [3.8, 4) is 11.1 Å². The highest BCUT2D eigenvalue weighted by atomic mass is 32.1. The predicted octanol–water partition coefficient (Wildman–Crippen LogP) is 5.65. The highest BCUT2D eigenvalue weighted by Gasteiger charge is 2.14. The van der Waals surface area contributed by atoms with Gasteiger partial charge in [0.1, 0.15) is 17.0 Å². The first-order valence-electron chi connectivity index (χ1n) is 8.28. The monoisotopic (exact) mass is 354 g/mol. The van der Waals surface area contributed by atoms with Crippen molar-refractivity contribution < 1.29 is 0 Å². The Bertz CT molecular complexity index is 1210. The van der Waals surface area contributed by atoms with Crippen LogP contribution >= 0.6 is 11.3 Å². The minimum Gasteiger partial charge on any atom is -0.338 e. The van der Waals surface area contributed by atoms with E-state index >= 15 is 0 Å². The van der Waals surface area contributed by atoms with Crippen molar-refractivity contribution in [2.75, 3.05) is 5.32 Å². The van der Waals surface area contributed by atoms with E-state index in [-0.39, 0.29) is 0 Å². The number of hydrogen-bond acceptors (Lipinski definition) is 5. The van der Waals surface area contributed by atoms with Crippen LogP contribution in [0.25, 0.3) is 32.2 Å². The van der Waals surface area contributed by atoms with Crippen LogP contribution in [0.5, 0.6) is 0 Å². The smallest absolute Gasteiger partial charge is 0.143 e. The van der Waals surface area contributed by atoms with Gasteiger partial charge >= 0.3 is 0 Å². The molecule has 0 unspecified atom stereocenters. The molecule has 5 aromatic rings. The highest BCUT2D eigenvalue weighted by Crippen LogP contribution is 2.37. The SMILES string of the molecule is c1ccc(-c2csc3ncnc(Nc4cccc5cccnc45)c23)cc1. The van der Waals surface area contributed by atoms with Crippen LogP contribution in [-0.4, -0.2) is 15.0 Å². The third-order valence-corrected chi connectivity index (χ3v) is 5.23. The fraction of sp³-hybridized carbons (Fsp3) is 0. The Morgan fingerprint density at radius 3 is 2.62 bits per heavy atom. The van der Waals surface area contributed by atoms with Crippen LogP contribution in [0.4, 0.5) is 11.5 Å². The van der Waals surface area contributed by atoms with Crippen LogP contribution in [0, 0.1) is 0 Å². The Kier molecular flexibility index (Phi) is 3.57. The number of rotatable bonds is 3. The van der Waals surface area contributed by atoms with E-state index in [0.29, 0.717) is 0 Å². The molecule has 0 amide bonds. The van der Waals surface area contributed by atoms with E-state index in [9.17, 15) is 0 Å². The normalized spacial score (nSPS) is 11.1. The number of benzene rings is 2. The summed E-state index contributed by atoms with van der Waals surface area (Å²) in [5.74, 6) is 0.799. The summed E-state index contributed by atoms with van der Waals surface area (Å²) in [6.07, 6.45) is 3.41. The summed E-state index contributed by atoms with van der Waals surface area (Å²) < 4.78 is 0. The lowest BCUT2D eigenvalue weighted by Crippen LogP contribution is -1.97. The maximum absolute atomic E-state index is 4.52.